The summed E-state index contributed by atoms with van der Waals surface area (Å²) in [7, 11) is 0. The van der Waals surface area contributed by atoms with Crippen molar-refractivity contribution in [2.24, 2.45) is 5.73 Å². The summed E-state index contributed by atoms with van der Waals surface area (Å²) in [6.45, 7) is 2.91. The molecule has 0 aliphatic heterocycles. The number of aryl methyl sites for hydroxylation is 1. The highest BCUT2D eigenvalue weighted by Crippen LogP contribution is 2.21. The molecule has 0 amide bonds. The highest BCUT2D eigenvalue weighted by atomic mass is 35.5. The summed E-state index contributed by atoms with van der Waals surface area (Å²) in [4.78, 5) is 0.316. The van der Waals surface area contributed by atoms with Crippen LogP contribution in [0.5, 0.6) is 0 Å². The molecule has 2 rings (SSSR count). The van der Waals surface area contributed by atoms with Crippen LogP contribution in [0.15, 0.2) is 42.5 Å². The quantitative estimate of drug-likeness (QED) is 0.815. The van der Waals surface area contributed by atoms with Crippen molar-refractivity contribution in [2.45, 2.75) is 19.9 Å². The Morgan fingerprint density at radius 3 is 2.35 bits per heavy atom. The fraction of sp³-hybridized carbons (Fsp3) is 0.188. The van der Waals surface area contributed by atoms with Crippen LogP contribution < -0.4 is 11.1 Å². The predicted molar refractivity (Wildman–Crippen MR) is 90.5 cm³/mol. The first-order valence-corrected chi connectivity index (χ1v) is 7.30. The van der Waals surface area contributed by atoms with Crippen molar-refractivity contribution in [3.8, 4) is 0 Å². The van der Waals surface area contributed by atoms with Crippen LogP contribution in [0.25, 0.3) is 0 Å². The van der Waals surface area contributed by atoms with E-state index in [9.17, 15) is 0 Å². The first-order chi connectivity index (χ1) is 9.60. The van der Waals surface area contributed by atoms with Gasteiger partial charge in [0.2, 0.25) is 0 Å². The number of nitrogens with two attached hydrogens (primary N) is 1. The van der Waals surface area contributed by atoms with Gasteiger partial charge in [-0.2, -0.15) is 0 Å². The highest BCUT2D eigenvalue weighted by Gasteiger charge is 2.04. The minimum absolute atomic E-state index is 0.316. The average Bonchev–Trinajstić information content (AvgIpc) is 2.45. The van der Waals surface area contributed by atoms with Gasteiger partial charge in [-0.3, -0.25) is 0 Å². The van der Waals surface area contributed by atoms with Gasteiger partial charge in [0.1, 0.15) is 4.99 Å². The highest BCUT2D eigenvalue weighted by molar-refractivity contribution is 7.80. The van der Waals surface area contributed by atoms with E-state index in [4.69, 9.17) is 29.6 Å². The third-order valence-electron chi connectivity index (χ3n) is 3.16. The standard InChI is InChI=1S/C16H17ClN2S/c1-2-11-3-5-12(6-4-11)10-19-13-7-8-14(16(18)20)15(17)9-13/h3-9,19H,2,10H2,1H3,(H2,18,20). The largest absolute Gasteiger partial charge is 0.389 e. The van der Waals surface area contributed by atoms with Crippen molar-refractivity contribution in [3.63, 3.8) is 0 Å². The van der Waals surface area contributed by atoms with Crippen molar-refractivity contribution < 1.29 is 0 Å². The van der Waals surface area contributed by atoms with E-state index in [1.165, 1.54) is 11.1 Å². The molecule has 2 aromatic carbocycles. The molecule has 2 nitrogen and oxygen atoms in total. The Morgan fingerprint density at radius 1 is 1.15 bits per heavy atom. The third-order valence-corrected chi connectivity index (χ3v) is 3.70. The monoisotopic (exact) mass is 304 g/mol. The molecule has 0 spiro atoms. The van der Waals surface area contributed by atoms with E-state index in [1.54, 1.807) is 0 Å². The van der Waals surface area contributed by atoms with Crippen LogP contribution in [0.1, 0.15) is 23.6 Å². The van der Waals surface area contributed by atoms with Gasteiger partial charge in [-0.05, 0) is 35.7 Å². The lowest BCUT2D eigenvalue weighted by Crippen LogP contribution is -2.10. The van der Waals surface area contributed by atoms with Crippen LogP contribution in [-0.4, -0.2) is 4.99 Å². The first kappa shape index (κ1) is 14.8. The van der Waals surface area contributed by atoms with Crippen molar-refractivity contribution >= 4 is 34.5 Å². The van der Waals surface area contributed by atoms with Gasteiger partial charge < -0.3 is 11.1 Å². The van der Waals surface area contributed by atoms with Crippen LogP contribution in [-0.2, 0) is 13.0 Å². The second kappa shape index (κ2) is 6.73. The van der Waals surface area contributed by atoms with Gasteiger partial charge in [-0.25, -0.2) is 0 Å². The van der Waals surface area contributed by atoms with Crippen LogP contribution in [0.4, 0.5) is 5.69 Å². The van der Waals surface area contributed by atoms with E-state index in [2.05, 4.69) is 36.5 Å². The molecular weight excluding hydrogens is 288 g/mol. The fourth-order valence-corrected chi connectivity index (χ4v) is 2.44. The van der Waals surface area contributed by atoms with Crippen molar-refractivity contribution in [1.29, 1.82) is 0 Å². The number of hydrogen-bond acceptors (Lipinski definition) is 2. The van der Waals surface area contributed by atoms with E-state index in [-0.39, 0.29) is 0 Å². The summed E-state index contributed by atoms with van der Waals surface area (Å²) >= 11 is 11.1. The lowest BCUT2D eigenvalue weighted by molar-refractivity contribution is 1.11. The topological polar surface area (TPSA) is 38.0 Å². The van der Waals surface area contributed by atoms with Crippen LogP contribution >= 0.6 is 23.8 Å². The lowest BCUT2D eigenvalue weighted by Gasteiger charge is -2.09. The van der Waals surface area contributed by atoms with Gasteiger partial charge in [0.15, 0.2) is 0 Å². The van der Waals surface area contributed by atoms with Gasteiger partial charge in [-0.1, -0.05) is 55.0 Å². The summed E-state index contributed by atoms with van der Waals surface area (Å²) in [5.41, 5.74) is 9.82. The number of rotatable bonds is 5. The molecule has 2 aromatic rings. The predicted octanol–water partition coefficient (Wildman–Crippen LogP) is 4.15. The fourth-order valence-electron chi connectivity index (χ4n) is 1.92. The maximum atomic E-state index is 6.14. The molecule has 0 saturated heterocycles. The zero-order valence-corrected chi connectivity index (χ0v) is 12.9. The normalized spacial score (nSPS) is 10.3. The third kappa shape index (κ3) is 3.71. The second-order valence-corrected chi connectivity index (χ2v) is 5.43. The van der Waals surface area contributed by atoms with Crippen molar-refractivity contribution in [1.82, 2.24) is 0 Å². The first-order valence-electron chi connectivity index (χ1n) is 6.51. The van der Waals surface area contributed by atoms with Crippen molar-refractivity contribution in [2.75, 3.05) is 5.32 Å². The molecule has 0 aliphatic rings. The number of hydrogen-bond donors (Lipinski definition) is 2. The van der Waals surface area contributed by atoms with Gasteiger partial charge in [-0.15, -0.1) is 0 Å². The molecule has 104 valence electrons. The molecule has 0 atom stereocenters. The molecule has 20 heavy (non-hydrogen) atoms. The Hall–Kier alpha value is -1.58. The molecule has 0 unspecified atom stereocenters. The average molecular weight is 305 g/mol. The molecule has 0 heterocycles. The Labute approximate surface area is 130 Å². The van der Waals surface area contributed by atoms with E-state index in [0.717, 1.165) is 18.7 Å². The zero-order valence-electron chi connectivity index (χ0n) is 11.3. The Morgan fingerprint density at radius 2 is 1.80 bits per heavy atom. The number of thiocarbonyl (C=S) groups is 1. The summed E-state index contributed by atoms with van der Waals surface area (Å²) in [5.74, 6) is 0. The van der Waals surface area contributed by atoms with Crippen LogP contribution in [0.3, 0.4) is 0 Å². The van der Waals surface area contributed by atoms with Gasteiger partial charge >= 0.3 is 0 Å². The Kier molecular flexibility index (Phi) is 4.99. The number of benzene rings is 2. The maximum absolute atomic E-state index is 6.14. The zero-order chi connectivity index (χ0) is 14.5. The minimum Gasteiger partial charge on any atom is -0.389 e. The van der Waals surface area contributed by atoms with Crippen LogP contribution in [0, 0.1) is 0 Å². The Bertz CT molecular complexity index is 608. The molecule has 0 bridgehead atoms. The second-order valence-electron chi connectivity index (χ2n) is 4.58. The van der Waals surface area contributed by atoms with E-state index in [0.29, 0.717) is 15.6 Å². The lowest BCUT2D eigenvalue weighted by atomic mass is 10.1. The van der Waals surface area contributed by atoms with E-state index in [1.807, 2.05) is 18.2 Å². The molecule has 0 aliphatic carbocycles. The molecular formula is C16H17ClN2S. The summed E-state index contributed by atoms with van der Waals surface area (Å²) < 4.78 is 0. The Balaban J connectivity index is 2.03. The summed E-state index contributed by atoms with van der Waals surface area (Å²) in [6.07, 6.45) is 1.06. The molecule has 0 aromatic heterocycles. The summed E-state index contributed by atoms with van der Waals surface area (Å²) in [6, 6.07) is 14.2. The number of nitrogens with one attached hydrogen (secondary N) is 1. The maximum Gasteiger partial charge on any atom is 0.105 e. The molecule has 4 heteroatoms. The molecule has 0 radical (unpaired) electrons. The smallest absolute Gasteiger partial charge is 0.105 e. The van der Waals surface area contributed by atoms with Gasteiger partial charge in [0, 0.05) is 17.8 Å². The van der Waals surface area contributed by atoms with Crippen LogP contribution in [0.2, 0.25) is 5.02 Å². The van der Waals surface area contributed by atoms with Gasteiger partial charge in [0.25, 0.3) is 0 Å². The number of halogens is 1. The SMILES string of the molecule is CCc1ccc(CNc2ccc(C(N)=S)c(Cl)c2)cc1. The van der Waals surface area contributed by atoms with Crippen molar-refractivity contribution in [3.05, 3.63) is 64.2 Å². The minimum atomic E-state index is 0.316. The van der Waals surface area contributed by atoms with Gasteiger partial charge in [0.05, 0.1) is 5.02 Å². The molecule has 3 N–H and O–H groups in total. The molecule has 0 fully saturated rings. The molecule has 0 saturated carbocycles. The van der Waals surface area contributed by atoms with E-state index >= 15 is 0 Å². The number of anilines is 1. The summed E-state index contributed by atoms with van der Waals surface area (Å²) in [5, 5.41) is 3.91. The van der Waals surface area contributed by atoms with E-state index < -0.39 is 0 Å².